The standard InChI is InChI=1S/C32H31N5O6/c1-42-28-14-11-22(18-33-28)21-9-6-20(7-10-21)8-13-27(38)25(32(40)41)16-17-37-31(39)30-24(4-3-5-26(30)35-36-37)23-12-15-29(43-2)34-19-23/h3-7,9-12,14-15,18-19,25,27,38H,8,13,16-17H2,1-2H3,(H,40,41)/t25-,27+/m0/s1. The number of carbonyl (C=O) groups is 1. The van der Waals surface area contributed by atoms with Gasteiger partial charge in [0.25, 0.3) is 5.56 Å². The van der Waals surface area contributed by atoms with E-state index in [0.29, 0.717) is 40.2 Å². The molecule has 11 heteroatoms. The lowest BCUT2D eigenvalue weighted by molar-refractivity contribution is -0.146. The predicted octanol–water partition coefficient (Wildman–Crippen LogP) is 4.02. The zero-order chi connectivity index (χ0) is 30.3. The molecule has 0 aliphatic rings. The van der Waals surface area contributed by atoms with Gasteiger partial charge in [-0.3, -0.25) is 9.59 Å². The van der Waals surface area contributed by atoms with Crippen molar-refractivity contribution in [3.63, 3.8) is 0 Å². The molecule has 2 N–H and O–H groups in total. The van der Waals surface area contributed by atoms with Crippen LogP contribution in [0.15, 0.2) is 83.9 Å². The monoisotopic (exact) mass is 581 g/mol. The number of hydrogen-bond donors (Lipinski definition) is 2. The number of ether oxygens (including phenoxy) is 2. The van der Waals surface area contributed by atoms with Gasteiger partial charge in [0.05, 0.1) is 31.6 Å². The lowest BCUT2D eigenvalue weighted by Gasteiger charge is -2.19. The summed E-state index contributed by atoms with van der Waals surface area (Å²) in [5, 5.41) is 29.3. The normalized spacial score (nSPS) is 12.5. The van der Waals surface area contributed by atoms with E-state index in [-0.39, 0.29) is 19.4 Å². The van der Waals surface area contributed by atoms with Crippen molar-refractivity contribution >= 4 is 16.9 Å². The van der Waals surface area contributed by atoms with Crippen LogP contribution >= 0.6 is 0 Å². The number of hydrogen-bond acceptors (Lipinski definition) is 9. The van der Waals surface area contributed by atoms with Gasteiger partial charge in [0.15, 0.2) is 0 Å². The van der Waals surface area contributed by atoms with Crippen LogP contribution in [0.1, 0.15) is 18.4 Å². The fourth-order valence-electron chi connectivity index (χ4n) is 4.96. The first-order valence-corrected chi connectivity index (χ1v) is 13.7. The summed E-state index contributed by atoms with van der Waals surface area (Å²) in [4.78, 5) is 34.0. The van der Waals surface area contributed by atoms with Crippen molar-refractivity contribution in [2.75, 3.05) is 14.2 Å². The molecule has 3 heterocycles. The van der Waals surface area contributed by atoms with Gasteiger partial charge in [0.1, 0.15) is 5.52 Å². The number of aliphatic hydroxyl groups is 1. The second kappa shape index (κ2) is 13.2. The van der Waals surface area contributed by atoms with Crippen LogP contribution < -0.4 is 15.0 Å². The molecule has 0 spiro atoms. The van der Waals surface area contributed by atoms with Crippen molar-refractivity contribution in [3.8, 4) is 34.0 Å². The van der Waals surface area contributed by atoms with E-state index < -0.39 is 23.6 Å². The van der Waals surface area contributed by atoms with Crippen LogP contribution in [0.4, 0.5) is 0 Å². The van der Waals surface area contributed by atoms with Gasteiger partial charge in [-0.2, -0.15) is 0 Å². The molecule has 0 amide bonds. The van der Waals surface area contributed by atoms with Gasteiger partial charge in [-0.1, -0.05) is 41.6 Å². The average molecular weight is 582 g/mol. The maximum absolute atomic E-state index is 13.5. The molecule has 220 valence electrons. The van der Waals surface area contributed by atoms with E-state index in [1.54, 1.807) is 55.9 Å². The third-order valence-corrected chi connectivity index (χ3v) is 7.40. The van der Waals surface area contributed by atoms with Crippen molar-refractivity contribution in [1.82, 2.24) is 25.0 Å². The third kappa shape index (κ3) is 6.68. The first-order chi connectivity index (χ1) is 20.9. The summed E-state index contributed by atoms with van der Waals surface area (Å²) in [6.45, 7) is -0.0183. The molecule has 5 aromatic rings. The number of aromatic nitrogens is 5. The van der Waals surface area contributed by atoms with Gasteiger partial charge >= 0.3 is 5.97 Å². The van der Waals surface area contributed by atoms with Crippen LogP contribution in [-0.4, -0.2) is 61.5 Å². The van der Waals surface area contributed by atoms with Gasteiger partial charge < -0.3 is 19.7 Å². The van der Waals surface area contributed by atoms with E-state index in [1.165, 1.54) is 7.11 Å². The molecule has 0 aliphatic heterocycles. The quantitative estimate of drug-likeness (QED) is 0.221. The Morgan fingerprint density at radius 3 is 2.12 bits per heavy atom. The fourth-order valence-corrected chi connectivity index (χ4v) is 4.96. The molecular formula is C32H31N5O6. The highest BCUT2D eigenvalue weighted by molar-refractivity contribution is 5.93. The molecule has 2 atom stereocenters. The number of rotatable bonds is 12. The molecule has 43 heavy (non-hydrogen) atoms. The molecule has 0 aliphatic carbocycles. The predicted molar refractivity (Wildman–Crippen MR) is 160 cm³/mol. The number of aliphatic carboxylic acids is 1. The number of pyridine rings is 2. The van der Waals surface area contributed by atoms with E-state index >= 15 is 0 Å². The minimum atomic E-state index is -1.14. The summed E-state index contributed by atoms with van der Waals surface area (Å²) in [6, 6.07) is 20.3. The maximum atomic E-state index is 13.5. The number of carboxylic acids is 1. The summed E-state index contributed by atoms with van der Waals surface area (Å²) in [6.07, 6.45) is 2.96. The number of aryl methyl sites for hydroxylation is 2. The SMILES string of the molecule is COc1ccc(-c2ccc(CC[C@@H](O)[C@H](CCn3nnc4cccc(-c5ccc(OC)nc5)c4c3=O)C(=O)O)cc2)cn1. The molecule has 0 radical (unpaired) electrons. The zero-order valence-corrected chi connectivity index (χ0v) is 23.8. The number of nitrogens with zero attached hydrogens (tertiary/aromatic N) is 5. The third-order valence-electron chi connectivity index (χ3n) is 7.40. The second-order valence-electron chi connectivity index (χ2n) is 10.0. The van der Waals surface area contributed by atoms with Crippen molar-refractivity contribution < 1.29 is 24.5 Å². The smallest absolute Gasteiger partial charge is 0.309 e. The fraction of sp³-hybridized carbons (Fsp3) is 0.250. The Labute approximate surface area is 247 Å². The van der Waals surface area contributed by atoms with Crippen LogP contribution in [0.5, 0.6) is 11.8 Å². The molecule has 3 aromatic heterocycles. The van der Waals surface area contributed by atoms with E-state index in [0.717, 1.165) is 21.4 Å². The lowest BCUT2D eigenvalue weighted by Crippen LogP contribution is -2.32. The molecule has 0 unspecified atom stereocenters. The molecule has 0 fully saturated rings. The van der Waals surface area contributed by atoms with E-state index in [2.05, 4.69) is 20.3 Å². The second-order valence-corrected chi connectivity index (χ2v) is 10.0. The van der Waals surface area contributed by atoms with E-state index in [1.807, 2.05) is 30.3 Å². The van der Waals surface area contributed by atoms with Gasteiger partial charge in [-0.05, 0) is 54.2 Å². The minimum Gasteiger partial charge on any atom is -0.481 e. The van der Waals surface area contributed by atoms with Gasteiger partial charge in [0, 0.05) is 42.2 Å². The van der Waals surface area contributed by atoms with Gasteiger partial charge in [-0.25, -0.2) is 14.6 Å². The number of methoxy groups -OCH3 is 2. The summed E-state index contributed by atoms with van der Waals surface area (Å²) < 4.78 is 11.4. The van der Waals surface area contributed by atoms with E-state index in [9.17, 15) is 19.8 Å². The summed E-state index contributed by atoms with van der Waals surface area (Å²) in [7, 11) is 3.09. The number of fused-ring (bicyclic) bond motifs is 1. The largest absolute Gasteiger partial charge is 0.481 e. The van der Waals surface area contributed by atoms with Crippen LogP contribution in [0.2, 0.25) is 0 Å². The Kier molecular flexibility index (Phi) is 9.02. The number of aliphatic hydroxyl groups excluding tert-OH is 1. The Balaban J connectivity index is 1.26. The van der Waals surface area contributed by atoms with Gasteiger partial charge in [0.2, 0.25) is 11.8 Å². The van der Waals surface area contributed by atoms with Crippen LogP contribution in [0, 0.1) is 5.92 Å². The van der Waals surface area contributed by atoms with Crippen molar-refractivity contribution in [3.05, 3.63) is 95.0 Å². The molecular weight excluding hydrogens is 550 g/mol. The highest BCUT2D eigenvalue weighted by Crippen LogP contribution is 2.26. The number of benzene rings is 2. The average Bonchev–Trinajstić information content (AvgIpc) is 3.04. The Morgan fingerprint density at radius 2 is 1.51 bits per heavy atom. The Morgan fingerprint density at radius 1 is 0.860 bits per heavy atom. The molecule has 5 rings (SSSR count). The van der Waals surface area contributed by atoms with Crippen LogP contribution in [0.25, 0.3) is 33.2 Å². The van der Waals surface area contributed by atoms with Crippen LogP contribution in [0.3, 0.4) is 0 Å². The van der Waals surface area contributed by atoms with Crippen LogP contribution in [-0.2, 0) is 17.8 Å². The zero-order valence-electron chi connectivity index (χ0n) is 23.8. The first kappa shape index (κ1) is 29.3. The molecule has 0 bridgehead atoms. The highest BCUT2D eigenvalue weighted by Gasteiger charge is 2.27. The van der Waals surface area contributed by atoms with Gasteiger partial charge in [-0.15, -0.1) is 5.10 Å². The van der Waals surface area contributed by atoms with Crippen molar-refractivity contribution in [1.29, 1.82) is 0 Å². The number of carboxylic acid groups (broad SMARTS) is 1. The molecule has 2 aromatic carbocycles. The van der Waals surface area contributed by atoms with Crippen molar-refractivity contribution in [2.24, 2.45) is 5.92 Å². The molecule has 0 saturated carbocycles. The maximum Gasteiger partial charge on any atom is 0.309 e. The lowest BCUT2D eigenvalue weighted by atomic mass is 9.93. The summed E-state index contributed by atoms with van der Waals surface area (Å²) >= 11 is 0. The Bertz CT molecular complexity index is 1760. The topological polar surface area (TPSA) is 150 Å². The van der Waals surface area contributed by atoms with E-state index in [4.69, 9.17) is 9.47 Å². The highest BCUT2D eigenvalue weighted by atomic mass is 16.5. The Hall–Kier alpha value is -5.16. The molecule has 0 saturated heterocycles. The minimum absolute atomic E-state index is 0.00621. The summed E-state index contributed by atoms with van der Waals surface area (Å²) in [5.74, 6) is -1.24. The summed E-state index contributed by atoms with van der Waals surface area (Å²) in [5.41, 5.74) is 4.24. The first-order valence-electron chi connectivity index (χ1n) is 13.7. The molecule has 11 nitrogen and oxygen atoms in total. The van der Waals surface area contributed by atoms with Crippen molar-refractivity contribution in [2.45, 2.75) is 31.9 Å².